The van der Waals surface area contributed by atoms with Crippen molar-refractivity contribution in [2.24, 2.45) is 0 Å². The molecule has 1 N–H and O–H groups in total. The third-order valence-corrected chi connectivity index (χ3v) is 6.19. The van der Waals surface area contributed by atoms with Gasteiger partial charge in [0.2, 0.25) is 11.8 Å². The Hall–Kier alpha value is -3.15. The van der Waals surface area contributed by atoms with Crippen molar-refractivity contribution in [1.29, 1.82) is 0 Å². The molecule has 2 aromatic carbocycles. The second-order valence-electron chi connectivity index (χ2n) is 7.47. The van der Waals surface area contributed by atoms with E-state index in [0.29, 0.717) is 16.3 Å². The number of hydrogen-bond donors (Lipinski definition) is 1. The number of piperazine rings is 1. The molecule has 0 unspecified atom stereocenters. The van der Waals surface area contributed by atoms with Crippen LogP contribution < -0.4 is 10.2 Å². The second kappa shape index (κ2) is 10.2. The molecule has 1 aliphatic heterocycles. The fraction of sp³-hybridized carbons (Fsp3) is 0.286. The Morgan fingerprint density at radius 3 is 2.61 bits per heavy atom. The van der Waals surface area contributed by atoms with Gasteiger partial charge in [0.25, 0.3) is 10.9 Å². The molecule has 0 bridgehead atoms. The number of anilines is 2. The molecule has 3 aromatic rings. The van der Waals surface area contributed by atoms with Gasteiger partial charge in [0.05, 0.1) is 22.1 Å². The average Bonchev–Trinajstić information content (AvgIpc) is 3.28. The molecule has 172 valence electrons. The Morgan fingerprint density at radius 1 is 1.18 bits per heavy atom. The molecular weight excluding hydrogens is 468 g/mol. The van der Waals surface area contributed by atoms with Crippen LogP contribution in [0.1, 0.15) is 0 Å². The van der Waals surface area contributed by atoms with Crippen molar-refractivity contribution in [2.75, 3.05) is 49.2 Å². The maximum absolute atomic E-state index is 12.6. The van der Waals surface area contributed by atoms with Crippen molar-refractivity contribution in [3.63, 3.8) is 0 Å². The number of carbonyl (C=O) groups is 1. The first-order chi connectivity index (χ1) is 15.9. The van der Waals surface area contributed by atoms with Crippen molar-refractivity contribution < 1.29 is 14.1 Å². The topological polar surface area (TPSA) is 118 Å². The largest absolute Gasteiger partial charge is 0.411 e. The van der Waals surface area contributed by atoms with E-state index >= 15 is 0 Å². The van der Waals surface area contributed by atoms with Gasteiger partial charge >= 0.3 is 0 Å². The molecule has 1 aliphatic rings. The number of nitro groups is 1. The van der Waals surface area contributed by atoms with Gasteiger partial charge in [-0.2, -0.15) is 0 Å². The Kier molecular flexibility index (Phi) is 7.11. The van der Waals surface area contributed by atoms with Gasteiger partial charge in [-0.1, -0.05) is 23.4 Å². The SMILES string of the molecule is CN1CCN(c2ccc(Cl)cc2NC(=O)CSc2nnc(-c3ccc([N+](=O)[O-])cc3)o2)CC1. The highest BCUT2D eigenvalue weighted by Crippen LogP contribution is 2.31. The minimum absolute atomic E-state index is 0.0264. The zero-order valence-electron chi connectivity index (χ0n) is 17.7. The zero-order chi connectivity index (χ0) is 23.4. The predicted octanol–water partition coefficient (Wildman–Crippen LogP) is 3.78. The smallest absolute Gasteiger partial charge is 0.277 e. The Balaban J connectivity index is 1.37. The van der Waals surface area contributed by atoms with Crippen LogP contribution >= 0.6 is 23.4 Å². The molecule has 0 atom stereocenters. The molecule has 4 rings (SSSR count). The van der Waals surface area contributed by atoms with E-state index in [9.17, 15) is 14.9 Å². The predicted molar refractivity (Wildman–Crippen MR) is 127 cm³/mol. The van der Waals surface area contributed by atoms with Crippen LogP contribution in [-0.4, -0.2) is 64.9 Å². The molecule has 0 spiro atoms. The first kappa shape index (κ1) is 23.0. The van der Waals surface area contributed by atoms with Crippen LogP contribution in [-0.2, 0) is 4.79 Å². The maximum Gasteiger partial charge on any atom is 0.277 e. The molecule has 12 heteroatoms. The highest BCUT2D eigenvalue weighted by atomic mass is 35.5. The van der Waals surface area contributed by atoms with Crippen LogP contribution in [0.15, 0.2) is 52.1 Å². The molecule has 1 fully saturated rings. The number of benzene rings is 2. The number of nitrogens with one attached hydrogen (secondary N) is 1. The van der Waals surface area contributed by atoms with Crippen LogP contribution in [0.5, 0.6) is 0 Å². The van der Waals surface area contributed by atoms with Crippen molar-refractivity contribution in [3.05, 3.63) is 57.6 Å². The molecule has 33 heavy (non-hydrogen) atoms. The van der Waals surface area contributed by atoms with E-state index < -0.39 is 4.92 Å². The second-order valence-corrected chi connectivity index (χ2v) is 8.83. The van der Waals surface area contributed by atoms with Crippen molar-refractivity contribution in [2.45, 2.75) is 5.22 Å². The van der Waals surface area contributed by atoms with E-state index in [0.717, 1.165) is 43.6 Å². The van der Waals surface area contributed by atoms with Crippen LogP contribution in [0.3, 0.4) is 0 Å². The number of rotatable bonds is 7. The lowest BCUT2D eigenvalue weighted by Crippen LogP contribution is -2.44. The highest BCUT2D eigenvalue weighted by Gasteiger charge is 2.19. The molecule has 10 nitrogen and oxygen atoms in total. The summed E-state index contributed by atoms with van der Waals surface area (Å²) in [5.74, 6) is 0.0593. The van der Waals surface area contributed by atoms with Crippen molar-refractivity contribution in [1.82, 2.24) is 15.1 Å². The minimum Gasteiger partial charge on any atom is -0.411 e. The van der Waals surface area contributed by atoms with E-state index in [1.165, 1.54) is 24.3 Å². The molecular formula is C21H21ClN6O4S. The lowest BCUT2D eigenvalue weighted by Gasteiger charge is -2.35. The van der Waals surface area contributed by atoms with E-state index in [1.54, 1.807) is 6.07 Å². The number of thioether (sulfide) groups is 1. The summed E-state index contributed by atoms with van der Waals surface area (Å²) in [5, 5.41) is 22.4. The van der Waals surface area contributed by atoms with Crippen LogP contribution in [0.2, 0.25) is 5.02 Å². The van der Waals surface area contributed by atoms with Crippen LogP contribution in [0, 0.1) is 10.1 Å². The summed E-state index contributed by atoms with van der Waals surface area (Å²) >= 11 is 7.27. The number of carbonyl (C=O) groups excluding carboxylic acids is 1. The number of nitrogens with zero attached hydrogens (tertiary/aromatic N) is 5. The summed E-state index contributed by atoms with van der Waals surface area (Å²) in [7, 11) is 2.09. The Bertz CT molecular complexity index is 1150. The zero-order valence-corrected chi connectivity index (χ0v) is 19.3. The van der Waals surface area contributed by atoms with Gasteiger partial charge in [-0.05, 0) is 37.4 Å². The van der Waals surface area contributed by atoms with Gasteiger partial charge in [-0.3, -0.25) is 14.9 Å². The maximum atomic E-state index is 12.6. The number of likely N-dealkylation sites (N-methyl/N-ethyl adjacent to an activating group) is 1. The Labute approximate surface area is 199 Å². The first-order valence-electron chi connectivity index (χ1n) is 10.1. The molecule has 0 radical (unpaired) electrons. The minimum atomic E-state index is -0.480. The highest BCUT2D eigenvalue weighted by molar-refractivity contribution is 7.99. The quantitative estimate of drug-likeness (QED) is 0.301. The van der Waals surface area contributed by atoms with Gasteiger partial charge in [0.1, 0.15) is 0 Å². The van der Waals surface area contributed by atoms with Crippen LogP contribution in [0.25, 0.3) is 11.5 Å². The first-order valence-corrected chi connectivity index (χ1v) is 11.5. The summed E-state index contributed by atoms with van der Waals surface area (Å²) in [6.07, 6.45) is 0. The number of amides is 1. The molecule has 0 aliphatic carbocycles. The molecule has 1 saturated heterocycles. The molecule has 0 saturated carbocycles. The van der Waals surface area contributed by atoms with Gasteiger partial charge in [-0.15, -0.1) is 10.2 Å². The number of nitro benzene ring substituents is 1. The standard InChI is InChI=1S/C21H21ClN6O4S/c1-26-8-10-27(11-9-26)18-7-4-15(22)12-17(18)23-19(29)13-33-21-25-24-20(32-21)14-2-5-16(6-3-14)28(30)31/h2-7,12H,8-11,13H2,1H3,(H,23,29). The number of hydrogen-bond acceptors (Lipinski definition) is 9. The van der Waals surface area contributed by atoms with E-state index in [2.05, 4.69) is 32.4 Å². The number of non-ortho nitro benzene ring substituents is 1. The van der Waals surface area contributed by atoms with Gasteiger partial charge in [0.15, 0.2) is 0 Å². The van der Waals surface area contributed by atoms with Gasteiger partial charge in [-0.25, -0.2) is 0 Å². The summed E-state index contributed by atoms with van der Waals surface area (Å²) < 4.78 is 5.58. The van der Waals surface area contributed by atoms with Crippen molar-refractivity contribution >= 4 is 46.3 Å². The van der Waals surface area contributed by atoms with E-state index in [-0.39, 0.29) is 28.5 Å². The van der Waals surface area contributed by atoms with Gasteiger partial charge < -0.3 is 19.5 Å². The molecule has 1 aromatic heterocycles. The van der Waals surface area contributed by atoms with Crippen LogP contribution in [0.4, 0.5) is 17.1 Å². The normalized spacial score (nSPS) is 14.3. The molecule has 1 amide bonds. The Morgan fingerprint density at radius 2 is 1.91 bits per heavy atom. The summed E-state index contributed by atoms with van der Waals surface area (Å²) in [6, 6.07) is 11.3. The lowest BCUT2D eigenvalue weighted by molar-refractivity contribution is -0.384. The molecule has 2 heterocycles. The fourth-order valence-electron chi connectivity index (χ4n) is 3.36. The van der Waals surface area contributed by atoms with E-state index in [1.807, 2.05) is 12.1 Å². The lowest BCUT2D eigenvalue weighted by atomic mass is 10.2. The number of halogens is 1. The summed E-state index contributed by atoms with van der Waals surface area (Å²) in [4.78, 5) is 27.4. The third-order valence-electron chi connectivity index (χ3n) is 5.13. The average molecular weight is 489 g/mol. The fourth-order valence-corrected chi connectivity index (χ4v) is 4.09. The van der Waals surface area contributed by atoms with E-state index in [4.69, 9.17) is 16.0 Å². The summed E-state index contributed by atoms with van der Waals surface area (Å²) in [6.45, 7) is 3.62. The third kappa shape index (κ3) is 5.81. The number of aromatic nitrogens is 2. The van der Waals surface area contributed by atoms with Gasteiger partial charge in [0, 0.05) is 48.9 Å². The van der Waals surface area contributed by atoms with Crippen molar-refractivity contribution in [3.8, 4) is 11.5 Å². The monoisotopic (exact) mass is 488 g/mol. The summed E-state index contributed by atoms with van der Waals surface area (Å²) in [5.41, 5.74) is 2.13.